The average molecular weight is 460 g/mol. The normalized spacial score (nSPS) is 15.4. The summed E-state index contributed by atoms with van der Waals surface area (Å²) in [6.07, 6.45) is 1.96. The van der Waals surface area contributed by atoms with E-state index in [0.717, 1.165) is 29.7 Å². The topological polar surface area (TPSA) is 93.4 Å². The Morgan fingerprint density at radius 3 is 2.75 bits per heavy atom. The van der Waals surface area contributed by atoms with Crippen molar-refractivity contribution in [1.29, 1.82) is 5.26 Å². The van der Waals surface area contributed by atoms with Gasteiger partial charge in [0, 0.05) is 18.1 Å². The van der Waals surface area contributed by atoms with Gasteiger partial charge in [0.2, 0.25) is 0 Å². The zero-order valence-electron chi connectivity index (χ0n) is 18.2. The van der Waals surface area contributed by atoms with Gasteiger partial charge < -0.3 is 19.4 Å². The standard InChI is InChI=1S/C23H26FN3O4S/c1-15-16(2)27(11-19-4-3-9-30-19)23(20(15)10-25)26-21(28)12-31-22(29)14-32-13-17-5-7-18(24)8-6-17/h5-8,19H,3-4,9,11-14H2,1-2H3,(H,26,28). The molecule has 3 rings (SSSR count). The number of aromatic nitrogens is 1. The number of benzene rings is 1. The summed E-state index contributed by atoms with van der Waals surface area (Å²) in [6, 6.07) is 8.20. The highest BCUT2D eigenvalue weighted by Crippen LogP contribution is 2.28. The predicted molar refractivity (Wildman–Crippen MR) is 120 cm³/mol. The van der Waals surface area contributed by atoms with E-state index in [-0.39, 0.29) is 17.7 Å². The summed E-state index contributed by atoms with van der Waals surface area (Å²) in [4.78, 5) is 24.4. The summed E-state index contributed by atoms with van der Waals surface area (Å²) in [5.41, 5.74) is 2.98. The summed E-state index contributed by atoms with van der Waals surface area (Å²) in [5, 5.41) is 12.3. The number of carbonyl (C=O) groups is 2. The van der Waals surface area contributed by atoms with Gasteiger partial charge >= 0.3 is 5.97 Å². The van der Waals surface area contributed by atoms with E-state index in [2.05, 4.69) is 11.4 Å². The van der Waals surface area contributed by atoms with Gasteiger partial charge in [-0.1, -0.05) is 12.1 Å². The third kappa shape index (κ3) is 6.11. The van der Waals surface area contributed by atoms with Crippen molar-refractivity contribution in [3.63, 3.8) is 0 Å². The molecule has 0 spiro atoms. The van der Waals surface area contributed by atoms with Crippen LogP contribution in [-0.2, 0) is 31.4 Å². The zero-order valence-corrected chi connectivity index (χ0v) is 19.0. The van der Waals surface area contributed by atoms with Gasteiger partial charge in [0.05, 0.1) is 24.0 Å². The van der Waals surface area contributed by atoms with E-state index in [1.165, 1.54) is 23.9 Å². The molecule has 0 radical (unpaired) electrons. The minimum Gasteiger partial charge on any atom is -0.455 e. The highest BCUT2D eigenvalue weighted by atomic mass is 32.2. The van der Waals surface area contributed by atoms with Crippen LogP contribution in [0.1, 0.15) is 35.2 Å². The van der Waals surface area contributed by atoms with Crippen molar-refractivity contribution in [2.24, 2.45) is 0 Å². The number of thioether (sulfide) groups is 1. The number of anilines is 1. The van der Waals surface area contributed by atoms with Crippen LogP contribution >= 0.6 is 11.8 Å². The first-order chi connectivity index (χ1) is 15.4. The summed E-state index contributed by atoms with van der Waals surface area (Å²) >= 11 is 1.32. The van der Waals surface area contributed by atoms with E-state index in [1.807, 2.05) is 18.4 Å². The molecule has 170 valence electrons. The maximum Gasteiger partial charge on any atom is 0.316 e. The van der Waals surface area contributed by atoms with Crippen molar-refractivity contribution in [3.05, 3.63) is 52.5 Å². The maximum atomic E-state index is 12.9. The van der Waals surface area contributed by atoms with Crippen molar-refractivity contribution in [1.82, 2.24) is 4.57 Å². The van der Waals surface area contributed by atoms with Crippen LogP contribution in [0.15, 0.2) is 24.3 Å². The minimum atomic E-state index is -0.519. The van der Waals surface area contributed by atoms with Crippen LogP contribution in [0, 0.1) is 31.0 Å². The summed E-state index contributed by atoms with van der Waals surface area (Å²) < 4.78 is 25.6. The number of amides is 1. The number of carbonyl (C=O) groups excluding carboxylic acids is 2. The Bertz CT molecular complexity index is 1010. The molecule has 1 fully saturated rings. The first-order valence-electron chi connectivity index (χ1n) is 10.4. The fourth-order valence-electron chi connectivity index (χ4n) is 3.54. The Morgan fingerprint density at radius 1 is 1.34 bits per heavy atom. The lowest BCUT2D eigenvalue weighted by molar-refractivity contribution is -0.144. The van der Waals surface area contributed by atoms with Gasteiger partial charge in [-0.25, -0.2) is 4.39 Å². The van der Waals surface area contributed by atoms with E-state index in [0.29, 0.717) is 30.3 Å². The lowest BCUT2D eigenvalue weighted by atomic mass is 10.2. The molecule has 0 saturated carbocycles. The van der Waals surface area contributed by atoms with Gasteiger partial charge in [0.15, 0.2) is 6.61 Å². The molecule has 1 amide bonds. The van der Waals surface area contributed by atoms with Crippen molar-refractivity contribution < 1.29 is 23.5 Å². The van der Waals surface area contributed by atoms with Crippen LogP contribution in [0.4, 0.5) is 10.2 Å². The first-order valence-corrected chi connectivity index (χ1v) is 11.5. The number of hydrogen-bond acceptors (Lipinski definition) is 6. The molecule has 1 aromatic heterocycles. The molecule has 1 saturated heterocycles. The Kier molecular flexibility index (Phi) is 8.31. The smallest absolute Gasteiger partial charge is 0.316 e. The Balaban J connectivity index is 1.52. The molecule has 1 aromatic carbocycles. The number of halogens is 1. The highest BCUT2D eigenvalue weighted by molar-refractivity contribution is 7.99. The molecule has 2 aromatic rings. The second-order valence-corrected chi connectivity index (χ2v) is 8.61. The van der Waals surface area contributed by atoms with Gasteiger partial charge in [-0.3, -0.25) is 9.59 Å². The predicted octanol–water partition coefficient (Wildman–Crippen LogP) is 3.71. The first kappa shape index (κ1) is 23.8. The molecule has 1 aliphatic rings. The molecule has 0 aliphatic carbocycles. The quantitative estimate of drug-likeness (QED) is 0.575. The molecular formula is C23H26FN3O4S. The SMILES string of the molecule is Cc1c(C#N)c(NC(=O)COC(=O)CSCc2ccc(F)cc2)n(CC2CCCO2)c1C. The van der Waals surface area contributed by atoms with Crippen LogP contribution in [0.3, 0.4) is 0 Å². The van der Waals surface area contributed by atoms with Gasteiger partial charge in [-0.2, -0.15) is 5.26 Å². The second-order valence-electron chi connectivity index (χ2n) is 7.62. The molecule has 1 aliphatic heterocycles. The van der Waals surface area contributed by atoms with Crippen molar-refractivity contribution in [3.8, 4) is 6.07 Å². The molecule has 1 atom stereocenters. The van der Waals surface area contributed by atoms with E-state index in [4.69, 9.17) is 9.47 Å². The van der Waals surface area contributed by atoms with E-state index >= 15 is 0 Å². The summed E-state index contributed by atoms with van der Waals surface area (Å²) in [5.74, 6) is -0.329. The van der Waals surface area contributed by atoms with E-state index in [1.54, 1.807) is 12.1 Å². The Labute approximate surface area is 190 Å². The van der Waals surface area contributed by atoms with Crippen molar-refractivity contribution in [2.75, 3.05) is 24.3 Å². The lowest BCUT2D eigenvalue weighted by Gasteiger charge is -2.16. The summed E-state index contributed by atoms with van der Waals surface area (Å²) in [6.45, 7) is 4.56. The number of ether oxygens (including phenoxy) is 2. The van der Waals surface area contributed by atoms with Crippen LogP contribution < -0.4 is 5.32 Å². The number of hydrogen-bond donors (Lipinski definition) is 1. The molecular weight excluding hydrogens is 433 g/mol. The number of nitrogens with zero attached hydrogens (tertiary/aromatic N) is 2. The Morgan fingerprint density at radius 2 is 2.09 bits per heavy atom. The third-order valence-electron chi connectivity index (χ3n) is 5.38. The average Bonchev–Trinajstić information content (AvgIpc) is 3.36. The zero-order chi connectivity index (χ0) is 23.1. The van der Waals surface area contributed by atoms with Crippen LogP contribution in [0.2, 0.25) is 0 Å². The number of nitrogens with one attached hydrogen (secondary N) is 1. The van der Waals surface area contributed by atoms with Crippen LogP contribution in [0.25, 0.3) is 0 Å². The molecule has 32 heavy (non-hydrogen) atoms. The summed E-state index contributed by atoms with van der Waals surface area (Å²) in [7, 11) is 0. The van der Waals surface area contributed by atoms with Gasteiger partial charge in [0.25, 0.3) is 5.91 Å². The van der Waals surface area contributed by atoms with Gasteiger partial charge in [-0.05, 0) is 49.9 Å². The molecule has 1 unspecified atom stereocenters. The molecule has 2 heterocycles. The Hall–Kier alpha value is -2.83. The largest absolute Gasteiger partial charge is 0.455 e. The second kappa shape index (κ2) is 11.2. The fraction of sp³-hybridized carbons (Fsp3) is 0.435. The number of nitriles is 1. The number of rotatable bonds is 9. The van der Waals surface area contributed by atoms with Crippen molar-refractivity contribution >= 4 is 29.5 Å². The monoisotopic (exact) mass is 459 g/mol. The molecule has 7 nitrogen and oxygen atoms in total. The molecule has 0 bridgehead atoms. The lowest BCUT2D eigenvalue weighted by Crippen LogP contribution is -2.25. The van der Waals surface area contributed by atoms with Crippen LogP contribution in [0.5, 0.6) is 0 Å². The highest BCUT2D eigenvalue weighted by Gasteiger charge is 2.24. The van der Waals surface area contributed by atoms with Crippen molar-refractivity contribution in [2.45, 2.75) is 45.1 Å². The van der Waals surface area contributed by atoms with E-state index < -0.39 is 18.5 Å². The maximum absolute atomic E-state index is 12.9. The number of esters is 1. The molecule has 1 N–H and O–H groups in total. The fourth-order valence-corrected chi connectivity index (χ4v) is 4.32. The van der Waals surface area contributed by atoms with E-state index in [9.17, 15) is 19.2 Å². The van der Waals surface area contributed by atoms with Gasteiger partial charge in [-0.15, -0.1) is 11.8 Å². The third-order valence-corrected chi connectivity index (χ3v) is 6.35. The van der Waals surface area contributed by atoms with Gasteiger partial charge in [0.1, 0.15) is 17.7 Å². The minimum absolute atomic E-state index is 0.0404. The van der Waals surface area contributed by atoms with Crippen LogP contribution in [-0.4, -0.2) is 41.5 Å². The molecule has 9 heteroatoms.